The molecule has 0 aliphatic carbocycles. The summed E-state index contributed by atoms with van der Waals surface area (Å²) in [6, 6.07) is 104. The van der Waals surface area contributed by atoms with Gasteiger partial charge in [-0.05, 0) is 127 Å². The number of hydrogen-bond acceptors (Lipinski definition) is 5. The summed E-state index contributed by atoms with van der Waals surface area (Å²) in [7, 11) is 0. The summed E-state index contributed by atoms with van der Waals surface area (Å²) in [6.45, 7) is 5.69. The van der Waals surface area contributed by atoms with E-state index in [9.17, 15) is 0 Å². The zero-order chi connectivity index (χ0) is 57.8. The molecule has 0 atom stereocenters. The largest absolute Gasteiger partial charge is 0.457 e. The number of hydrogen-bond donors (Lipinski definition) is 0. The molecule has 0 amide bonds. The van der Waals surface area contributed by atoms with E-state index in [0.29, 0.717) is 0 Å². The van der Waals surface area contributed by atoms with Crippen LogP contribution in [-0.4, -0.2) is 0 Å². The molecule has 0 unspecified atom stereocenters. The van der Waals surface area contributed by atoms with Crippen LogP contribution in [0.1, 0.15) is 68.8 Å². The fraction of sp³-hybridized carbons (Fsp3) is 0.0732. The van der Waals surface area contributed by atoms with Crippen LogP contribution >= 0.6 is 11.3 Å². The highest BCUT2D eigenvalue weighted by molar-refractivity contribution is 7.11. The quantitative estimate of drug-likeness (QED) is 0.176. The van der Waals surface area contributed by atoms with Crippen LogP contribution in [0.15, 0.2) is 290 Å². The molecule has 0 saturated carbocycles. The Morgan fingerprint density at radius 3 is 1.31 bits per heavy atom. The number of benzene rings is 12. The number of rotatable bonds is 3. The van der Waals surface area contributed by atoms with E-state index < -0.39 is 10.8 Å². The van der Waals surface area contributed by atoms with Gasteiger partial charge in [-0.15, -0.1) is 11.3 Å². The molecular formula is C82H58N2O2S. The van der Waals surface area contributed by atoms with Crippen molar-refractivity contribution in [2.24, 2.45) is 0 Å². The standard InChI is InChI=1S/C48H31NOS.C32H21NO.C2H6/c1-4-12-31(13-5-1)34-20-21-37-29-49-43-19-11-10-18-40(43)48(47-46(49)39(30-51-47)38(37)26-34)41-27-35(32-14-6-2-7-15-32)22-24-44(41)50-45-25-23-36(28-42(45)48)33-16-8-3-9-17-33;1-2-11-22-21(10-1)20-33-28-17-6-3-13-24(28)32(27-16-9-12-23(22)31(27)33)25-14-4-7-18-29(25)34-30-19-8-5-15-26(30)32;1-2/h1-28,30H,29H2;1-19H,20H2;1-2H3. The minimum atomic E-state index is -0.599. The Morgan fingerprint density at radius 1 is 0.299 bits per heavy atom. The maximum absolute atomic E-state index is 6.90. The molecule has 0 bridgehead atoms. The third-order valence-corrected chi connectivity index (χ3v) is 19.8. The second-order valence-electron chi connectivity index (χ2n) is 23.0. The molecule has 414 valence electrons. The van der Waals surface area contributed by atoms with Gasteiger partial charge in [-0.3, -0.25) is 0 Å². The van der Waals surface area contributed by atoms with E-state index in [2.05, 4.69) is 300 Å². The summed E-state index contributed by atoms with van der Waals surface area (Å²) in [5.41, 5.74) is 28.0. The van der Waals surface area contributed by atoms with E-state index in [4.69, 9.17) is 9.47 Å². The average Bonchev–Trinajstić information content (AvgIpc) is 1.63. The molecule has 6 aliphatic heterocycles. The Bertz CT molecular complexity index is 4740. The molecule has 6 aliphatic rings. The van der Waals surface area contributed by atoms with E-state index in [-0.39, 0.29) is 0 Å². The van der Waals surface area contributed by atoms with Crippen LogP contribution < -0.4 is 19.3 Å². The molecule has 7 heterocycles. The molecular weight excluding hydrogens is 1080 g/mol. The minimum Gasteiger partial charge on any atom is -0.457 e. The van der Waals surface area contributed by atoms with Crippen LogP contribution in [0.25, 0.3) is 55.6 Å². The normalized spacial score (nSPS) is 14.3. The molecule has 13 aromatic rings. The number of ether oxygens (including phenoxy) is 2. The summed E-state index contributed by atoms with van der Waals surface area (Å²) in [5.74, 6) is 3.67. The first-order valence-corrected chi connectivity index (χ1v) is 31.2. The van der Waals surface area contributed by atoms with Crippen LogP contribution in [0, 0.1) is 0 Å². The number of anilines is 4. The van der Waals surface area contributed by atoms with Crippen molar-refractivity contribution in [1.82, 2.24) is 0 Å². The molecule has 0 radical (unpaired) electrons. The number of para-hydroxylation sites is 5. The van der Waals surface area contributed by atoms with Crippen molar-refractivity contribution in [1.29, 1.82) is 0 Å². The van der Waals surface area contributed by atoms with Crippen LogP contribution in [0.2, 0.25) is 0 Å². The van der Waals surface area contributed by atoms with Gasteiger partial charge in [-0.2, -0.15) is 0 Å². The summed E-state index contributed by atoms with van der Waals surface area (Å²) >= 11 is 1.89. The van der Waals surface area contributed by atoms with Gasteiger partial charge >= 0.3 is 0 Å². The van der Waals surface area contributed by atoms with Gasteiger partial charge in [-0.1, -0.05) is 244 Å². The predicted octanol–water partition coefficient (Wildman–Crippen LogP) is 21.7. The first-order valence-electron chi connectivity index (χ1n) is 30.4. The average molecular weight is 1140 g/mol. The Balaban J connectivity index is 0.000000142. The van der Waals surface area contributed by atoms with E-state index in [1.54, 1.807) is 0 Å². The van der Waals surface area contributed by atoms with E-state index >= 15 is 0 Å². The summed E-state index contributed by atoms with van der Waals surface area (Å²) in [5, 5.41) is 2.41. The zero-order valence-corrected chi connectivity index (χ0v) is 49.1. The van der Waals surface area contributed by atoms with Gasteiger partial charge in [0, 0.05) is 68.1 Å². The lowest BCUT2D eigenvalue weighted by atomic mass is 9.60. The third kappa shape index (κ3) is 7.43. The van der Waals surface area contributed by atoms with Crippen LogP contribution in [0.5, 0.6) is 23.0 Å². The second kappa shape index (κ2) is 20.1. The Hall–Kier alpha value is -10.5. The zero-order valence-electron chi connectivity index (χ0n) is 48.2. The molecule has 0 saturated heterocycles. The molecule has 4 nitrogen and oxygen atoms in total. The Kier molecular flexibility index (Phi) is 11.8. The fourth-order valence-electron chi connectivity index (χ4n) is 15.2. The molecule has 1 aromatic heterocycles. The highest BCUT2D eigenvalue weighted by atomic mass is 32.1. The Morgan fingerprint density at radius 2 is 0.724 bits per heavy atom. The highest BCUT2D eigenvalue weighted by Crippen LogP contribution is 2.68. The lowest BCUT2D eigenvalue weighted by Crippen LogP contribution is -2.41. The van der Waals surface area contributed by atoms with Crippen molar-refractivity contribution in [3.8, 4) is 78.6 Å². The third-order valence-electron chi connectivity index (χ3n) is 18.8. The van der Waals surface area contributed by atoms with E-state index in [1.165, 1.54) is 133 Å². The minimum absolute atomic E-state index is 0.448. The first-order chi connectivity index (χ1) is 43.1. The van der Waals surface area contributed by atoms with Gasteiger partial charge < -0.3 is 19.3 Å². The second-order valence-corrected chi connectivity index (χ2v) is 23.9. The first kappa shape index (κ1) is 51.0. The van der Waals surface area contributed by atoms with Crippen LogP contribution in [-0.2, 0) is 23.9 Å². The summed E-state index contributed by atoms with van der Waals surface area (Å²) in [4.78, 5) is 6.44. The summed E-state index contributed by atoms with van der Waals surface area (Å²) < 4.78 is 13.4. The maximum Gasteiger partial charge on any atom is 0.132 e. The lowest BCUT2D eigenvalue weighted by molar-refractivity contribution is 0.433. The fourth-order valence-corrected chi connectivity index (χ4v) is 16.5. The van der Waals surface area contributed by atoms with Crippen molar-refractivity contribution in [3.63, 3.8) is 0 Å². The Labute approximate surface area is 512 Å². The SMILES string of the molecule is CC.c1ccc(-c2ccc3c(c2)-c2csc4c2N(C3)c2ccccc2C42c3cc(-c4ccccc4)ccc3Oc3ccc(-c4ccccc4)cc32)cc1.c1ccc2c(c1)CN1c3ccccc3C3(c4ccccc4Oc4ccccc43)c3cccc-2c31. The van der Waals surface area contributed by atoms with Crippen molar-refractivity contribution in [2.45, 2.75) is 37.8 Å². The molecule has 2 spiro atoms. The van der Waals surface area contributed by atoms with Gasteiger partial charge in [0.15, 0.2) is 0 Å². The molecule has 0 N–H and O–H groups in total. The van der Waals surface area contributed by atoms with E-state index in [0.717, 1.165) is 36.1 Å². The molecule has 19 rings (SSSR count). The summed E-state index contributed by atoms with van der Waals surface area (Å²) in [6.07, 6.45) is 0. The van der Waals surface area contributed by atoms with Gasteiger partial charge in [0.05, 0.1) is 22.2 Å². The van der Waals surface area contributed by atoms with Gasteiger partial charge in [0.25, 0.3) is 0 Å². The predicted molar refractivity (Wildman–Crippen MR) is 358 cm³/mol. The maximum atomic E-state index is 6.90. The smallest absolute Gasteiger partial charge is 0.132 e. The molecule has 0 fully saturated rings. The molecule has 12 aromatic carbocycles. The number of fused-ring (bicyclic) bond motifs is 20. The van der Waals surface area contributed by atoms with Crippen LogP contribution in [0.4, 0.5) is 22.7 Å². The monoisotopic (exact) mass is 1130 g/mol. The van der Waals surface area contributed by atoms with Crippen molar-refractivity contribution in [2.75, 3.05) is 9.80 Å². The van der Waals surface area contributed by atoms with Crippen molar-refractivity contribution >= 4 is 34.1 Å². The van der Waals surface area contributed by atoms with Crippen LogP contribution in [0.3, 0.4) is 0 Å². The van der Waals surface area contributed by atoms with Gasteiger partial charge in [0.1, 0.15) is 23.0 Å². The van der Waals surface area contributed by atoms with Crippen molar-refractivity contribution in [3.05, 3.63) is 345 Å². The topological polar surface area (TPSA) is 24.9 Å². The van der Waals surface area contributed by atoms with Crippen molar-refractivity contribution < 1.29 is 9.47 Å². The molecule has 5 heteroatoms. The molecule has 87 heavy (non-hydrogen) atoms. The highest BCUT2D eigenvalue weighted by Gasteiger charge is 2.55. The lowest BCUT2D eigenvalue weighted by Gasteiger charge is -2.50. The van der Waals surface area contributed by atoms with Gasteiger partial charge in [-0.25, -0.2) is 0 Å². The number of nitrogens with zero attached hydrogens (tertiary/aromatic N) is 2. The van der Waals surface area contributed by atoms with Gasteiger partial charge in [0.2, 0.25) is 0 Å². The number of thiophene rings is 1. The van der Waals surface area contributed by atoms with E-state index in [1.807, 2.05) is 25.2 Å².